The summed E-state index contributed by atoms with van der Waals surface area (Å²) in [6, 6.07) is 7.05. The van der Waals surface area contributed by atoms with Gasteiger partial charge < -0.3 is 15.0 Å². The van der Waals surface area contributed by atoms with E-state index in [2.05, 4.69) is 10.3 Å². The van der Waals surface area contributed by atoms with E-state index in [1.807, 2.05) is 38.1 Å². The van der Waals surface area contributed by atoms with Crippen LogP contribution in [-0.2, 0) is 9.59 Å². The van der Waals surface area contributed by atoms with Crippen molar-refractivity contribution in [1.82, 2.24) is 9.88 Å². The van der Waals surface area contributed by atoms with Gasteiger partial charge in [0.2, 0.25) is 5.91 Å². The van der Waals surface area contributed by atoms with Crippen molar-refractivity contribution in [2.24, 2.45) is 0 Å². The number of aromatic nitrogens is 1. The fourth-order valence-electron chi connectivity index (χ4n) is 2.65. The number of benzene rings is 1. The predicted molar refractivity (Wildman–Crippen MR) is 105 cm³/mol. The van der Waals surface area contributed by atoms with Gasteiger partial charge in [0.1, 0.15) is 11.8 Å². The molecule has 0 unspecified atom stereocenters. The van der Waals surface area contributed by atoms with Crippen molar-refractivity contribution in [1.29, 1.82) is 0 Å². The highest BCUT2D eigenvalue weighted by Crippen LogP contribution is 2.25. The molecule has 2 amide bonds. The Labute approximate surface area is 160 Å². The lowest BCUT2D eigenvalue weighted by Gasteiger charge is -2.26. The number of amides is 2. The molecule has 0 radical (unpaired) electrons. The van der Waals surface area contributed by atoms with Crippen LogP contribution < -0.4 is 10.1 Å². The molecule has 1 aliphatic heterocycles. The van der Waals surface area contributed by atoms with Gasteiger partial charge in [-0.05, 0) is 38.5 Å². The second kappa shape index (κ2) is 8.09. The second-order valence-electron chi connectivity index (χ2n) is 6.17. The number of anilines is 1. The molecule has 0 spiro atoms. The zero-order valence-electron chi connectivity index (χ0n) is 14.9. The van der Waals surface area contributed by atoms with Crippen LogP contribution in [0.3, 0.4) is 0 Å². The van der Waals surface area contributed by atoms with Gasteiger partial charge in [0.05, 0.1) is 5.88 Å². The first-order chi connectivity index (χ1) is 12.4. The zero-order valence-corrected chi connectivity index (χ0v) is 16.5. The Balaban J connectivity index is 1.64. The van der Waals surface area contributed by atoms with Crippen LogP contribution in [0.2, 0.25) is 0 Å². The van der Waals surface area contributed by atoms with E-state index in [0.717, 1.165) is 10.4 Å². The molecule has 0 aliphatic carbocycles. The van der Waals surface area contributed by atoms with Crippen LogP contribution >= 0.6 is 23.1 Å². The summed E-state index contributed by atoms with van der Waals surface area (Å²) >= 11 is 2.98. The minimum Gasteiger partial charge on any atom is -0.481 e. The normalized spacial score (nSPS) is 17.8. The van der Waals surface area contributed by atoms with E-state index in [9.17, 15) is 9.59 Å². The summed E-state index contributed by atoms with van der Waals surface area (Å²) in [6.07, 6.45) is 1.05. The summed E-state index contributed by atoms with van der Waals surface area (Å²) in [6.45, 7) is 5.61. The lowest BCUT2D eigenvalue weighted by atomic mass is 10.2. The highest BCUT2D eigenvalue weighted by atomic mass is 32.2. The van der Waals surface area contributed by atoms with Gasteiger partial charge in [-0.3, -0.25) is 9.59 Å². The van der Waals surface area contributed by atoms with Gasteiger partial charge >= 0.3 is 0 Å². The van der Waals surface area contributed by atoms with Gasteiger partial charge in [0.25, 0.3) is 5.91 Å². The Morgan fingerprint density at radius 1 is 1.38 bits per heavy atom. The number of thioether (sulfide) groups is 1. The number of nitrogens with zero attached hydrogens (tertiary/aromatic N) is 2. The lowest BCUT2D eigenvalue weighted by molar-refractivity contribution is -0.141. The first-order valence-electron chi connectivity index (χ1n) is 8.29. The molecule has 1 aromatic carbocycles. The Bertz CT molecular complexity index is 808. The van der Waals surface area contributed by atoms with Crippen LogP contribution in [0.1, 0.15) is 17.4 Å². The summed E-state index contributed by atoms with van der Waals surface area (Å²) in [5, 5.41) is 3.36. The fraction of sp³-hybridized carbons (Fsp3) is 0.389. The van der Waals surface area contributed by atoms with Crippen molar-refractivity contribution >= 4 is 40.0 Å². The molecule has 1 aromatic heterocycles. The molecule has 6 nitrogen and oxygen atoms in total. The molecule has 1 saturated heterocycles. The van der Waals surface area contributed by atoms with E-state index in [-0.39, 0.29) is 11.8 Å². The molecule has 1 aliphatic rings. The maximum Gasteiger partial charge on any atom is 0.264 e. The maximum atomic E-state index is 12.8. The molecule has 138 valence electrons. The Morgan fingerprint density at radius 2 is 2.19 bits per heavy atom. The average Bonchev–Trinajstić information content (AvgIpc) is 3.23. The van der Waals surface area contributed by atoms with E-state index >= 15 is 0 Å². The third kappa shape index (κ3) is 4.37. The Morgan fingerprint density at radius 3 is 2.88 bits per heavy atom. The van der Waals surface area contributed by atoms with Crippen molar-refractivity contribution in [3.05, 3.63) is 40.9 Å². The summed E-state index contributed by atoms with van der Waals surface area (Å²) < 4.78 is 5.78. The van der Waals surface area contributed by atoms with Gasteiger partial charge in [0.15, 0.2) is 11.2 Å². The number of rotatable bonds is 5. The van der Waals surface area contributed by atoms with Gasteiger partial charge in [-0.25, -0.2) is 4.98 Å². The molecular formula is C18H21N3O3S2. The number of ether oxygens (including phenoxy) is 1. The third-order valence-corrected chi connectivity index (χ3v) is 5.81. The van der Waals surface area contributed by atoms with Gasteiger partial charge in [-0.15, -0.1) is 23.1 Å². The van der Waals surface area contributed by atoms with E-state index in [0.29, 0.717) is 22.5 Å². The van der Waals surface area contributed by atoms with Crippen LogP contribution in [0.4, 0.5) is 5.13 Å². The molecular weight excluding hydrogens is 370 g/mol. The molecule has 2 atom stereocenters. The molecule has 1 fully saturated rings. The van der Waals surface area contributed by atoms with Crippen LogP contribution in [0.15, 0.2) is 30.5 Å². The average molecular weight is 392 g/mol. The highest BCUT2D eigenvalue weighted by molar-refractivity contribution is 7.99. The summed E-state index contributed by atoms with van der Waals surface area (Å²) in [4.78, 5) is 32.1. The van der Waals surface area contributed by atoms with Gasteiger partial charge in [0, 0.05) is 16.8 Å². The zero-order chi connectivity index (χ0) is 18.7. The monoisotopic (exact) mass is 391 g/mol. The van der Waals surface area contributed by atoms with Crippen LogP contribution in [0.5, 0.6) is 5.75 Å². The van der Waals surface area contributed by atoms with E-state index in [4.69, 9.17) is 4.74 Å². The summed E-state index contributed by atoms with van der Waals surface area (Å²) in [5.41, 5.74) is 1.06. The minimum atomic E-state index is -0.659. The molecule has 8 heteroatoms. The largest absolute Gasteiger partial charge is 0.481 e. The van der Waals surface area contributed by atoms with Crippen molar-refractivity contribution < 1.29 is 14.3 Å². The molecule has 2 heterocycles. The van der Waals surface area contributed by atoms with E-state index in [1.54, 1.807) is 29.8 Å². The van der Waals surface area contributed by atoms with E-state index < -0.39 is 12.1 Å². The standard InChI is InChI=1S/C18H21N3O3S2/c1-11-5-4-6-14(7-11)24-13(3)17(23)21-10-25-9-15(21)16(22)20-18-19-8-12(2)26-18/h4-8,13,15H,9-10H2,1-3H3,(H,19,20,22)/t13-,15+/m1/s1. The maximum absolute atomic E-state index is 12.8. The fourth-order valence-corrected chi connectivity index (χ4v) is 4.49. The van der Waals surface area contributed by atoms with E-state index in [1.165, 1.54) is 11.3 Å². The summed E-state index contributed by atoms with van der Waals surface area (Å²) in [5.74, 6) is 1.30. The molecule has 0 saturated carbocycles. The number of hydrogen-bond acceptors (Lipinski definition) is 6. The van der Waals surface area contributed by atoms with Crippen LogP contribution in [-0.4, -0.2) is 45.5 Å². The minimum absolute atomic E-state index is 0.188. The SMILES string of the molecule is Cc1cccc(O[C@H](C)C(=O)N2CSC[C@H]2C(=O)Nc2ncc(C)s2)c1. The number of carbonyl (C=O) groups is 2. The number of aryl methyl sites for hydroxylation is 2. The smallest absolute Gasteiger partial charge is 0.264 e. The Kier molecular flexibility index (Phi) is 5.83. The number of hydrogen-bond donors (Lipinski definition) is 1. The van der Waals surface area contributed by atoms with Gasteiger partial charge in [-0.2, -0.15) is 0 Å². The first-order valence-corrected chi connectivity index (χ1v) is 10.3. The summed E-state index contributed by atoms with van der Waals surface area (Å²) in [7, 11) is 0. The second-order valence-corrected chi connectivity index (χ2v) is 8.40. The van der Waals surface area contributed by atoms with Crippen molar-refractivity contribution in [3.8, 4) is 5.75 Å². The Hall–Kier alpha value is -2.06. The predicted octanol–water partition coefficient (Wildman–Crippen LogP) is 3.07. The molecule has 3 rings (SSSR count). The van der Waals surface area contributed by atoms with Gasteiger partial charge in [-0.1, -0.05) is 12.1 Å². The molecule has 0 bridgehead atoms. The van der Waals surface area contributed by atoms with Crippen molar-refractivity contribution in [2.45, 2.75) is 32.9 Å². The number of thiazole rings is 1. The lowest BCUT2D eigenvalue weighted by Crippen LogP contribution is -2.48. The number of carbonyl (C=O) groups excluding carboxylic acids is 2. The molecule has 26 heavy (non-hydrogen) atoms. The van der Waals surface area contributed by atoms with Crippen LogP contribution in [0, 0.1) is 13.8 Å². The highest BCUT2D eigenvalue weighted by Gasteiger charge is 2.37. The van der Waals surface area contributed by atoms with Crippen LogP contribution in [0.25, 0.3) is 0 Å². The van der Waals surface area contributed by atoms with Crippen molar-refractivity contribution in [2.75, 3.05) is 16.9 Å². The first kappa shape index (κ1) is 18.7. The number of nitrogens with one attached hydrogen (secondary N) is 1. The molecule has 2 aromatic rings. The van der Waals surface area contributed by atoms with Crippen molar-refractivity contribution in [3.63, 3.8) is 0 Å². The quantitative estimate of drug-likeness (QED) is 0.848. The topological polar surface area (TPSA) is 71.5 Å². The molecule has 1 N–H and O–H groups in total. The third-order valence-electron chi connectivity index (χ3n) is 3.97.